The van der Waals surface area contributed by atoms with Gasteiger partial charge in [0.25, 0.3) is 0 Å². The summed E-state index contributed by atoms with van der Waals surface area (Å²) in [5.41, 5.74) is 1.95. The third-order valence-corrected chi connectivity index (χ3v) is 5.09. The Labute approximate surface area is 99.7 Å². The van der Waals surface area contributed by atoms with E-state index in [2.05, 4.69) is 18.8 Å². The van der Waals surface area contributed by atoms with Gasteiger partial charge in [-0.2, -0.15) is 0 Å². The summed E-state index contributed by atoms with van der Waals surface area (Å²) in [6, 6.07) is 0. The Kier molecular flexibility index (Phi) is 2.62. The van der Waals surface area contributed by atoms with Gasteiger partial charge in [-0.15, -0.1) is 0 Å². The van der Waals surface area contributed by atoms with E-state index in [1.807, 2.05) is 0 Å². The summed E-state index contributed by atoms with van der Waals surface area (Å²) < 4.78 is 0. The Morgan fingerprint density at radius 2 is 1.62 bits per heavy atom. The summed E-state index contributed by atoms with van der Waals surface area (Å²) in [5, 5.41) is 3.64. The van der Waals surface area contributed by atoms with Crippen LogP contribution in [0.2, 0.25) is 0 Å². The average molecular weight is 219 g/mol. The highest BCUT2D eigenvalue weighted by Gasteiger charge is 2.50. The molecule has 0 aliphatic heterocycles. The number of nitrogens with one attached hydrogen (secondary N) is 1. The molecule has 0 atom stereocenters. The molecule has 4 rings (SSSR count). The smallest absolute Gasteiger partial charge is 0.0159 e. The van der Waals surface area contributed by atoms with Gasteiger partial charge in [-0.1, -0.05) is 12.2 Å². The minimum Gasteiger partial charge on any atom is -0.312 e. The molecule has 4 aliphatic rings. The maximum Gasteiger partial charge on any atom is 0.0159 e. The molecular weight excluding hydrogens is 194 g/mol. The van der Waals surface area contributed by atoms with Gasteiger partial charge in [-0.3, -0.25) is 0 Å². The largest absolute Gasteiger partial charge is 0.312 e. The Bertz CT molecular complexity index is 257. The van der Waals surface area contributed by atoms with Crippen molar-refractivity contribution in [2.75, 3.05) is 13.1 Å². The molecule has 4 saturated carbocycles. The average Bonchev–Trinajstić information content (AvgIpc) is 2.13. The topological polar surface area (TPSA) is 12.0 Å². The first kappa shape index (κ1) is 10.8. The van der Waals surface area contributed by atoms with Crippen LogP contribution in [-0.2, 0) is 0 Å². The van der Waals surface area contributed by atoms with Crippen molar-refractivity contribution in [1.29, 1.82) is 0 Å². The molecule has 0 heterocycles. The SMILES string of the molecule is C=C(C)CNCC12CC3CC(CC(C3)C1)C2. The van der Waals surface area contributed by atoms with Crippen molar-refractivity contribution in [3.63, 3.8) is 0 Å². The standard InChI is InChI=1S/C15H25N/c1-11(2)9-16-10-15-6-12-3-13(7-15)5-14(4-12)8-15/h12-14,16H,1,3-10H2,2H3. The molecule has 0 spiro atoms. The zero-order valence-electron chi connectivity index (χ0n) is 10.6. The predicted octanol–water partition coefficient (Wildman–Crippen LogP) is 3.37. The third-order valence-electron chi connectivity index (χ3n) is 5.09. The Morgan fingerprint density at radius 1 is 1.12 bits per heavy atom. The summed E-state index contributed by atoms with van der Waals surface area (Å²) in [6.07, 6.45) is 9.21. The lowest BCUT2D eigenvalue weighted by Crippen LogP contribution is -2.50. The van der Waals surface area contributed by atoms with E-state index in [9.17, 15) is 0 Å². The molecule has 4 bridgehead atoms. The van der Waals surface area contributed by atoms with Gasteiger partial charge in [0.05, 0.1) is 0 Å². The summed E-state index contributed by atoms with van der Waals surface area (Å²) in [4.78, 5) is 0. The zero-order valence-corrected chi connectivity index (χ0v) is 10.6. The summed E-state index contributed by atoms with van der Waals surface area (Å²) in [6.45, 7) is 8.36. The van der Waals surface area contributed by atoms with Crippen LogP contribution in [0.15, 0.2) is 12.2 Å². The molecule has 0 radical (unpaired) electrons. The van der Waals surface area contributed by atoms with Gasteiger partial charge in [0.2, 0.25) is 0 Å². The van der Waals surface area contributed by atoms with Crippen LogP contribution in [-0.4, -0.2) is 13.1 Å². The van der Waals surface area contributed by atoms with Gasteiger partial charge < -0.3 is 5.32 Å². The Morgan fingerprint density at radius 3 is 2.06 bits per heavy atom. The zero-order chi connectivity index (χ0) is 11.2. The predicted molar refractivity (Wildman–Crippen MR) is 68.3 cm³/mol. The molecule has 4 fully saturated rings. The summed E-state index contributed by atoms with van der Waals surface area (Å²) in [5.74, 6) is 3.24. The fraction of sp³-hybridized carbons (Fsp3) is 0.867. The first-order valence-corrected chi connectivity index (χ1v) is 7.00. The van der Waals surface area contributed by atoms with Gasteiger partial charge >= 0.3 is 0 Å². The van der Waals surface area contributed by atoms with Gasteiger partial charge in [-0.05, 0) is 68.6 Å². The fourth-order valence-corrected chi connectivity index (χ4v) is 5.05. The molecule has 1 nitrogen and oxygen atoms in total. The van der Waals surface area contributed by atoms with Crippen molar-refractivity contribution in [2.24, 2.45) is 23.2 Å². The molecule has 0 aromatic heterocycles. The van der Waals surface area contributed by atoms with Crippen LogP contribution in [0.1, 0.15) is 45.4 Å². The van der Waals surface area contributed by atoms with E-state index in [4.69, 9.17) is 0 Å². The summed E-state index contributed by atoms with van der Waals surface area (Å²) >= 11 is 0. The van der Waals surface area contributed by atoms with Gasteiger partial charge in [0.15, 0.2) is 0 Å². The minimum atomic E-state index is 0.685. The molecule has 1 N–H and O–H groups in total. The first-order chi connectivity index (χ1) is 7.65. The van der Waals surface area contributed by atoms with Crippen LogP contribution in [0, 0.1) is 23.2 Å². The van der Waals surface area contributed by atoms with Gasteiger partial charge in [0.1, 0.15) is 0 Å². The Balaban J connectivity index is 1.62. The fourth-order valence-electron chi connectivity index (χ4n) is 5.05. The van der Waals surface area contributed by atoms with Gasteiger partial charge in [0, 0.05) is 13.1 Å². The lowest BCUT2D eigenvalue weighted by molar-refractivity contribution is -0.0509. The van der Waals surface area contributed by atoms with Crippen LogP contribution < -0.4 is 5.32 Å². The Hall–Kier alpha value is -0.300. The van der Waals surface area contributed by atoms with Crippen molar-refractivity contribution < 1.29 is 0 Å². The lowest BCUT2D eigenvalue weighted by Gasteiger charge is -2.57. The maximum atomic E-state index is 3.98. The van der Waals surface area contributed by atoms with E-state index in [1.165, 1.54) is 31.4 Å². The highest BCUT2D eigenvalue weighted by atomic mass is 14.9. The molecular formula is C15H25N. The van der Waals surface area contributed by atoms with Crippen molar-refractivity contribution in [2.45, 2.75) is 45.4 Å². The molecule has 90 valence electrons. The van der Waals surface area contributed by atoms with E-state index < -0.39 is 0 Å². The second-order valence-electron chi connectivity index (χ2n) is 6.98. The molecule has 0 aromatic rings. The van der Waals surface area contributed by atoms with E-state index >= 15 is 0 Å². The lowest BCUT2D eigenvalue weighted by atomic mass is 9.49. The minimum absolute atomic E-state index is 0.685. The van der Waals surface area contributed by atoms with Crippen LogP contribution in [0.4, 0.5) is 0 Å². The molecule has 1 heteroatoms. The second-order valence-corrected chi connectivity index (χ2v) is 6.98. The van der Waals surface area contributed by atoms with Crippen molar-refractivity contribution in [1.82, 2.24) is 5.32 Å². The molecule has 16 heavy (non-hydrogen) atoms. The van der Waals surface area contributed by atoms with Crippen LogP contribution in [0.25, 0.3) is 0 Å². The van der Waals surface area contributed by atoms with E-state index in [1.54, 1.807) is 19.3 Å². The van der Waals surface area contributed by atoms with E-state index in [0.717, 1.165) is 24.3 Å². The van der Waals surface area contributed by atoms with Crippen molar-refractivity contribution in [3.8, 4) is 0 Å². The third kappa shape index (κ3) is 1.95. The second kappa shape index (κ2) is 3.87. The summed E-state index contributed by atoms with van der Waals surface area (Å²) in [7, 11) is 0. The normalized spacial score (nSPS) is 44.9. The first-order valence-electron chi connectivity index (χ1n) is 7.00. The van der Waals surface area contributed by atoms with Crippen molar-refractivity contribution in [3.05, 3.63) is 12.2 Å². The number of rotatable bonds is 4. The molecule has 4 aliphatic carbocycles. The molecule has 0 aromatic carbocycles. The van der Waals surface area contributed by atoms with Gasteiger partial charge in [-0.25, -0.2) is 0 Å². The molecule has 0 unspecified atom stereocenters. The van der Waals surface area contributed by atoms with Crippen LogP contribution in [0.3, 0.4) is 0 Å². The van der Waals surface area contributed by atoms with E-state index in [-0.39, 0.29) is 0 Å². The van der Waals surface area contributed by atoms with E-state index in [0.29, 0.717) is 5.41 Å². The van der Waals surface area contributed by atoms with Crippen LogP contribution in [0.5, 0.6) is 0 Å². The number of hydrogen-bond acceptors (Lipinski definition) is 1. The quantitative estimate of drug-likeness (QED) is 0.715. The maximum absolute atomic E-state index is 3.98. The highest BCUT2D eigenvalue weighted by Crippen LogP contribution is 2.59. The molecule has 0 amide bonds. The number of hydrogen-bond donors (Lipinski definition) is 1. The van der Waals surface area contributed by atoms with Crippen molar-refractivity contribution >= 4 is 0 Å². The monoisotopic (exact) mass is 219 g/mol. The molecule has 0 saturated heterocycles. The highest BCUT2D eigenvalue weighted by molar-refractivity contribution is 5.03. The van der Waals surface area contributed by atoms with Crippen LogP contribution >= 0.6 is 0 Å².